The summed E-state index contributed by atoms with van der Waals surface area (Å²) in [4.78, 5) is 12.5. The average Bonchev–Trinajstić information content (AvgIpc) is 2.99. The van der Waals surface area contributed by atoms with Crippen LogP contribution < -0.4 is 11.1 Å². The predicted molar refractivity (Wildman–Crippen MR) is 108 cm³/mol. The van der Waals surface area contributed by atoms with Gasteiger partial charge in [0.05, 0.1) is 5.25 Å². The number of amides is 1. The molecule has 1 amide bonds. The number of benzene rings is 2. The molecule has 3 rings (SSSR count). The van der Waals surface area contributed by atoms with Gasteiger partial charge in [-0.3, -0.25) is 4.79 Å². The second kappa shape index (κ2) is 7.71. The lowest BCUT2D eigenvalue weighted by molar-refractivity contribution is -0.115. The Balaban J connectivity index is 1.72. The molecule has 140 valence electrons. The zero-order chi connectivity index (χ0) is 19.6. The number of aryl methyl sites for hydroxylation is 1. The number of nitrogens with zero attached hydrogens (tertiary/aromatic N) is 3. The number of nitrogens with one attached hydrogen (secondary N) is 1. The van der Waals surface area contributed by atoms with Crippen LogP contribution in [0.2, 0.25) is 0 Å². The molecular formula is C19H21N5O2S. The highest BCUT2D eigenvalue weighted by molar-refractivity contribution is 8.00. The molecule has 27 heavy (non-hydrogen) atoms. The normalized spacial score (nSPS) is 12.0. The Labute approximate surface area is 161 Å². The van der Waals surface area contributed by atoms with Crippen molar-refractivity contribution in [3.05, 3.63) is 48.0 Å². The van der Waals surface area contributed by atoms with Gasteiger partial charge in [0.2, 0.25) is 5.91 Å². The maximum absolute atomic E-state index is 12.5. The quantitative estimate of drug-likeness (QED) is 0.461. The van der Waals surface area contributed by atoms with E-state index in [0.29, 0.717) is 22.4 Å². The SMILES string of the molecule is Cc1ccc(N)cc1NC(=O)[C@H](C)Sc1nnc(-c2ccc(O)cc2)n1C. The lowest BCUT2D eigenvalue weighted by Gasteiger charge is -2.13. The van der Waals surface area contributed by atoms with Crippen LogP contribution in [-0.4, -0.2) is 31.0 Å². The summed E-state index contributed by atoms with van der Waals surface area (Å²) >= 11 is 1.32. The number of aromatic hydroxyl groups is 1. The van der Waals surface area contributed by atoms with Crippen molar-refractivity contribution in [3.8, 4) is 17.1 Å². The highest BCUT2D eigenvalue weighted by Crippen LogP contribution is 2.27. The molecule has 8 heteroatoms. The fourth-order valence-electron chi connectivity index (χ4n) is 2.50. The first-order valence-corrected chi connectivity index (χ1v) is 9.25. The van der Waals surface area contributed by atoms with E-state index in [-0.39, 0.29) is 16.9 Å². The van der Waals surface area contributed by atoms with Gasteiger partial charge < -0.3 is 20.7 Å². The molecule has 0 spiro atoms. The molecule has 1 atom stereocenters. The molecule has 0 bridgehead atoms. The highest BCUT2D eigenvalue weighted by Gasteiger charge is 2.20. The Morgan fingerprint density at radius 3 is 2.63 bits per heavy atom. The zero-order valence-electron chi connectivity index (χ0n) is 15.3. The number of aromatic nitrogens is 3. The molecule has 0 saturated carbocycles. The van der Waals surface area contributed by atoms with Crippen molar-refractivity contribution in [3.63, 3.8) is 0 Å². The van der Waals surface area contributed by atoms with E-state index in [1.807, 2.05) is 31.5 Å². The number of phenolic OH excluding ortho intramolecular Hbond substituents is 1. The Bertz CT molecular complexity index is 969. The Morgan fingerprint density at radius 1 is 1.22 bits per heavy atom. The van der Waals surface area contributed by atoms with Crippen LogP contribution in [-0.2, 0) is 11.8 Å². The number of hydrogen-bond donors (Lipinski definition) is 3. The van der Waals surface area contributed by atoms with Crippen molar-refractivity contribution in [1.82, 2.24) is 14.8 Å². The minimum atomic E-state index is -0.374. The summed E-state index contributed by atoms with van der Waals surface area (Å²) in [5, 5.41) is 21.0. The van der Waals surface area contributed by atoms with Gasteiger partial charge in [-0.1, -0.05) is 17.8 Å². The third-order valence-electron chi connectivity index (χ3n) is 4.13. The molecule has 4 N–H and O–H groups in total. The van der Waals surface area contributed by atoms with E-state index in [1.165, 1.54) is 11.8 Å². The maximum Gasteiger partial charge on any atom is 0.237 e. The van der Waals surface area contributed by atoms with E-state index in [0.717, 1.165) is 11.1 Å². The molecule has 0 saturated heterocycles. The molecule has 0 fully saturated rings. The van der Waals surface area contributed by atoms with Crippen LogP contribution in [0.1, 0.15) is 12.5 Å². The first-order valence-electron chi connectivity index (χ1n) is 8.37. The summed E-state index contributed by atoms with van der Waals surface area (Å²) in [5.41, 5.74) is 8.88. The Hall–Kier alpha value is -3.00. The van der Waals surface area contributed by atoms with Crippen molar-refractivity contribution in [1.29, 1.82) is 0 Å². The van der Waals surface area contributed by atoms with E-state index in [9.17, 15) is 9.90 Å². The van der Waals surface area contributed by atoms with Crippen molar-refractivity contribution in [2.45, 2.75) is 24.3 Å². The van der Waals surface area contributed by atoms with Gasteiger partial charge in [0.15, 0.2) is 11.0 Å². The lowest BCUT2D eigenvalue weighted by atomic mass is 10.2. The van der Waals surface area contributed by atoms with Crippen molar-refractivity contribution in [2.24, 2.45) is 7.05 Å². The predicted octanol–water partition coefficient (Wildman–Crippen LogP) is 3.20. The molecule has 7 nitrogen and oxygen atoms in total. The number of anilines is 2. The van der Waals surface area contributed by atoms with Crippen LogP contribution in [0.5, 0.6) is 5.75 Å². The summed E-state index contributed by atoms with van der Waals surface area (Å²) < 4.78 is 1.83. The van der Waals surface area contributed by atoms with Crippen LogP contribution in [0.4, 0.5) is 11.4 Å². The first kappa shape index (κ1) is 18.8. The van der Waals surface area contributed by atoms with E-state index >= 15 is 0 Å². The van der Waals surface area contributed by atoms with Gasteiger partial charge in [-0.2, -0.15) is 0 Å². The molecule has 0 aliphatic carbocycles. The third-order valence-corrected chi connectivity index (χ3v) is 5.27. The van der Waals surface area contributed by atoms with Crippen molar-refractivity contribution in [2.75, 3.05) is 11.1 Å². The van der Waals surface area contributed by atoms with Gasteiger partial charge in [0, 0.05) is 24.0 Å². The third kappa shape index (κ3) is 4.22. The standard InChI is InChI=1S/C19H21N5O2S/c1-11-4-7-14(20)10-16(11)21-18(26)12(2)27-19-23-22-17(24(19)3)13-5-8-15(25)9-6-13/h4-10,12,25H,20H2,1-3H3,(H,21,26)/t12-/m0/s1. The van der Waals surface area contributed by atoms with Crippen LogP contribution in [0.25, 0.3) is 11.4 Å². The monoisotopic (exact) mass is 383 g/mol. The number of carbonyl (C=O) groups excluding carboxylic acids is 1. The van der Waals surface area contributed by atoms with Crippen LogP contribution in [0.3, 0.4) is 0 Å². The summed E-state index contributed by atoms with van der Waals surface area (Å²) in [6, 6.07) is 12.2. The molecule has 0 unspecified atom stereocenters. The van der Waals surface area contributed by atoms with Crippen LogP contribution in [0.15, 0.2) is 47.6 Å². The fourth-order valence-corrected chi connectivity index (χ4v) is 3.31. The lowest BCUT2D eigenvalue weighted by Crippen LogP contribution is -2.23. The first-order chi connectivity index (χ1) is 12.8. The second-order valence-electron chi connectivity index (χ2n) is 6.24. The average molecular weight is 383 g/mol. The summed E-state index contributed by atoms with van der Waals surface area (Å²) in [6.45, 7) is 3.73. The number of thioether (sulfide) groups is 1. The van der Waals surface area contributed by atoms with Crippen molar-refractivity contribution >= 4 is 29.0 Å². The molecule has 2 aromatic carbocycles. The minimum absolute atomic E-state index is 0.136. The summed E-state index contributed by atoms with van der Waals surface area (Å²) in [7, 11) is 1.84. The summed E-state index contributed by atoms with van der Waals surface area (Å²) in [6.07, 6.45) is 0. The van der Waals surface area contributed by atoms with E-state index in [2.05, 4.69) is 15.5 Å². The van der Waals surface area contributed by atoms with Gasteiger partial charge >= 0.3 is 0 Å². The maximum atomic E-state index is 12.5. The van der Waals surface area contributed by atoms with Gasteiger partial charge in [-0.25, -0.2) is 0 Å². The fraction of sp³-hybridized carbons (Fsp3) is 0.211. The Morgan fingerprint density at radius 2 is 1.93 bits per heavy atom. The van der Waals surface area contributed by atoms with Gasteiger partial charge in [0.1, 0.15) is 5.75 Å². The molecule has 1 aromatic heterocycles. The number of carbonyl (C=O) groups is 1. The number of phenols is 1. The molecule has 0 radical (unpaired) electrons. The van der Waals surface area contributed by atoms with E-state index in [4.69, 9.17) is 5.73 Å². The number of hydrogen-bond acceptors (Lipinski definition) is 6. The second-order valence-corrected chi connectivity index (χ2v) is 7.54. The Kier molecular flexibility index (Phi) is 5.36. The number of nitrogens with two attached hydrogens (primary N) is 1. The highest BCUT2D eigenvalue weighted by atomic mass is 32.2. The molecule has 0 aliphatic heterocycles. The number of rotatable bonds is 5. The van der Waals surface area contributed by atoms with Gasteiger partial charge in [-0.15, -0.1) is 10.2 Å². The number of nitrogen functional groups attached to an aromatic ring is 1. The molecular weight excluding hydrogens is 362 g/mol. The van der Waals surface area contributed by atoms with Gasteiger partial charge in [0.25, 0.3) is 0 Å². The molecule has 0 aliphatic rings. The van der Waals surface area contributed by atoms with Crippen LogP contribution in [0, 0.1) is 6.92 Å². The zero-order valence-corrected chi connectivity index (χ0v) is 16.1. The van der Waals surface area contributed by atoms with Gasteiger partial charge in [-0.05, 0) is 55.8 Å². The molecule has 1 heterocycles. The van der Waals surface area contributed by atoms with Crippen LogP contribution >= 0.6 is 11.8 Å². The van der Waals surface area contributed by atoms with E-state index in [1.54, 1.807) is 36.4 Å². The smallest absolute Gasteiger partial charge is 0.237 e. The van der Waals surface area contributed by atoms with E-state index < -0.39 is 0 Å². The largest absolute Gasteiger partial charge is 0.508 e. The molecule has 3 aromatic rings. The summed E-state index contributed by atoms with van der Waals surface area (Å²) in [5.74, 6) is 0.720. The van der Waals surface area contributed by atoms with Crippen molar-refractivity contribution < 1.29 is 9.90 Å². The topological polar surface area (TPSA) is 106 Å². The minimum Gasteiger partial charge on any atom is -0.508 e.